The van der Waals surface area contributed by atoms with Gasteiger partial charge in [-0.1, -0.05) is 26.8 Å². The molecule has 1 N–H and O–H groups in total. The molecule has 0 atom stereocenters. The zero-order valence-corrected chi connectivity index (χ0v) is 11.2. The molecule has 1 aromatic rings. The summed E-state index contributed by atoms with van der Waals surface area (Å²) in [5.41, 5.74) is -0.0188. The molecule has 0 aromatic heterocycles. The summed E-state index contributed by atoms with van der Waals surface area (Å²) in [6.07, 6.45) is 0. The van der Waals surface area contributed by atoms with Crippen molar-refractivity contribution in [3.05, 3.63) is 29.6 Å². The van der Waals surface area contributed by atoms with Gasteiger partial charge in [-0.3, -0.25) is 0 Å². The Morgan fingerprint density at radius 3 is 2.24 bits per heavy atom. The molecular formula is C14H21FO2. The molecule has 1 aromatic carbocycles. The molecule has 0 aliphatic heterocycles. The van der Waals surface area contributed by atoms with Crippen LogP contribution in [0, 0.1) is 5.82 Å². The van der Waals surface area contributed by atoms with Gasteiger partial charge in [-0.2, -0.15) is 0 Å². The van der Waals surface area contributed by atoms with E-state index in [1.807, 2.05) is 0 Å². The number of hydrogen-bond acceptors (Lipinski definition) is 2. The first kappa shape index (κ1) is 14.0. The Balaban J connectivity index is 2.92. The Morgan fingerprint density at radius 1 is 1.18 bits per heavy atom. The molecular weight excluding hydrogens is 219 g/mol. The lowest BCUT2D eigenvalue weighted by Crippen LogP contribution is -2.28. The van der Waals surface area contributed by atoms with Gasteiger partial charge in [0, 0.05) is 0 Å². The van der Waals surface area contributed by atoms with Gasteiger partial charge in [0.15, 0.2) is 11.6 Å². The maximum Gasteiger partial charge on any atom is 0.165 e. The highest BCUT2D eigenvalue weighted by Crippen LogP contribution is 2.28. The maximum absolute atomic E-state index is 13.5. The minimum Gasteiger partial charge on any atom is -0.488 e. The van der Waals surface area contributed by atoms with Crippen LogP contribution < -0.4 is 4.74 Å². The zero-order valence-electron chi connectivity index (χ0n) is 11.2. The first-order chi connectivity index (χ1) is 7.59. The van der Waals surface area contributed by atoms with Gasteiger partial charge >= 0.3 is 0 Å². The summed E-state index contributed by atoms with van der Waals surface area (Å²) < 4.78 is 18.8. The fraction of sp³-hybridized carbons (Fsp3) is 0.571. The van der Waals surface area contributed by atoms with Gasteiger partial charge in [-0.25, -0.2) is 4.39 Å². The van der Waals surface area contributed by atoms with E-state index in [0.717, 1.165) is 5.56 Å². The number of halogens is 1. The van der Waals surface area contributed by atoms with Crippen LogP contribution in [0.4, 0.5) is 4.39 Å². The molecule has 0 aliphatic carbocycles. The van der Waals surface area contributed by atoms with Crippen LogP contribution in [0.3, 0.4) is 0 Å². The van der Waals surface area contributed by atoms with Gasteiger partial charge in [0.2, 0.25) is 0 Å². The molecule has 17 heavy (non-hydrogen) atoms. The molecule has 0 fully saturated rings. The lowest BCUT2D eigenvalue weighted by atomic mass is 9.87. The first-order valence-corrected chi connectivity index (χ1v) is 5.75. The molecule has 1 rings (SSSR count). The molecule has 0 saturated carbocycles. The second kappa shape index (κ2) is 4.65. The third kappa shape index (κ3) is 4.35. The second-order valence-electron chi connectivity index (χ2n) is 6.00. The second-order valence-corrected chi connectivity index (χ2v) is 6.00. The smallest absolute Gasteiger partial charge is 0.165 e. The number of benzene rings is 1. The van der Waals surface area contributed by atoms with Crippen molar-refractivity contribution < 1.29 is 14.2 Å². The van der Waals surface area contributed by atoms with Crippen LogP contribution in [0.25, 0.3) is 0 Å². The standard InChI is InChI=1S/C14H21FO2/c1-13(2,3)10-6-7-11(15)12(8-10)17-9-14(4,5)16/h6-8,16H,9H2,1-5H3. The van der Waals surface area contributed by atoms with E-state index in [0.29, 0.717) is 0 Å². The van der Waals surface area contributed by atoms with Crippen LogP contribution in [-0.2, 0) is 5.41 Å². The fourth-order valence-electron chi connectivity index (χ4n) is 1.33. The van der Waals surface area contributed by atoms with E-state index in [9.17, 15) is 9.50 Å². The van der Waals surface area contributed by atoms with Gasteiger partial charge in [-0.05, 0) is 37.0 Å². The third-order valence-corrected chi connectivity index (χ3v) is 2.38. The third-order valence-electron chi connectivity index (χ3n) is 2.38. The average Bonchev–Trinajstić information content (AvgIpc) is 2.13. The van der Waals surface area contributed by atoms with E-state index in [2.05, 4.69) is 20.8 Å². The van der Waals surface area contributed by atoms with Crippen molar-refractivity contribution in [1.82, 2.24) is 0 Å². The first-order valence-electron chi connectivity index (χ1n) is 5.75. The highest BCUT2D eigenvalue weighted by Gasteiger charge is 2.18. The van der Waals surface area contributed by atoms with E-state index in [1.54, 1.807) is 26.0 Å². The number of hydrogen-bond donors (Lipinski definition) is 1. The SMILES string of the molecule is CC(C)(O)COc1cc(C(C)(C)C)ccc1F. The molecule has 3 heteroatoms. The zero-order chi connectivity index (χ0) is 13.3. The number of rotatable bonds is 3. The summed E-state index contributed by atoms with van der Waals surface area (Å²) in [5, 5.41) is 9.55. The Hall–Kier alpha value is -1.09. The van der Waals surface area contributed by atoms with E-state index in [-0.39, 0.29) is 17.8 Å². The highest BCUT2D eigenvalue weighted by molar-refractivity contribution is 5.34. The topological polar surface area (TPSA) is 29.5 Å². The molecule has 0 aliphatic rings. The van der Waals surface area contributed by atoms with Gasteiger partial charge in [0.25, 0.3) is 0 Å². The molecule has 0 radical (unpaired) electrons. The van der Waals surface area contributed by atoms with Crippen LogP contribution in [0.2, 0.25) is 0 Å². The van der Waals surface area contributed by atoms with E-state index in [1.165, 1.54) is 6.07 Å². The lowest BCUT2D eigenvalue weighted by molar-refractivity contribution is 0.0271. The predicted octanol–water partition coefficient (Wildman–Crippen LogP) is 3.27. The van der Waals surface area contributed by atoms with E-state index >= 15 is 0 Å². The minimum absolute atomic E-state index is 0.0550. The van der Waals surface area contributed by atoms with Crippen LogP contribution in [0.15, 0.2) is 18.2 Å². The van der Waals surface area contributed by atoms with Crippen LogP contribution in [0.1, 0.15) is 40.2 Å². The molecule has 2 nitrogen and oxygen atoms in total. The summed E-state index contributed by atoms with van der Waals surface area (Å²) in [4.78, 5) is 0. The summed E-state index contributed by atoms with van der Waals surface area (Å²) in [6, 6.07) is 4.85. The average molecular weight is 240 g/mol. The largest absolute Gasteiger partial charge is 0.488 e. The number of aliphatic hydroxyl groups is 1. The van der Waals surface area contributed by atoms with Gasteiger partial charge in [0.1, 0.15) is 6.61 Å². The van der Waals surface area contributed by atoms with Crippen molar-refractivity contribution in [2.75, 3.05) is 6.61 Å². The van der Waals surface area contributed by atoms with Crippen LogP contribution >= 0.6 is 0 Å². The van der Waals surface area contributed by atoms with Crippen molar-refractivity contribution in [1.29, 1.82) is 0 Å². The van der Waals surface area contributed by atoms with Gasteiger partial charge in [-0.15, -0.1) is 0 Å². The quantitative estimate of drug-likeness (QED) is 0.878. The van der Waals surface area contributed by atoms with Crippen molar-refractivity contribution in [2.45, 2.75) is 45.6 Å². The lowest BCUT2D eigenvalue weighted by Gasteiger charge is -2.22. The Bertz CT molecular complexity index is 386. The van der Waals surface area contributed by atoms with E-state index < -0.39 is 11.4 Å². The van der Waals surface area contributed by atoms with Crippen molar-refractivity contribution >= 4 is 0 Å². The van der Waals surface area contributed by atoms with Gasteiger partial charge in [0.05, 0.1) is 5.60 Å². The molecule has 0 amide bonds. The fourth-order valence-corrected chi connectivity index (χ4v) is 1.33. The van der Waals surface area contributed by atoms with Crippen LogP contribution in [-0.4, -0.2) is 17.3 Å². The molecule has 0 heterocycles. The predicted molar refractivity (Wildman–Crippen MR) is 66.9 cm³/mol. The maximum atomic E-state index is 13.5. The summed E-state index contributed by atoms with van der Waals surface area (Å²) in [7, 11) is 0. The van der Waals surface area contributed by atoms with Crippen molar-refractivity contribution in [3.63, 3.8) is 0 Å². The molecule has 96 valence electrons. The molecule has 0 unspecified atom stereocenters. The normalized spacial score (nSPS) is 12.6. The van der Waals surface area contributed by atoms with E-state index in [4.69, 9.17) is 4.74 Å². The van der Waals surface area contributed by atoms with Crippen molar-refractivity contribution in [2.24, 2.45) is 0 Å². The molecule has 0 bridgehead atoms. The summed E-state index contributed by atoms with van der Waals surface area (Å²) >= 11 is 0. The monoisotopic (exact) mass is 240 g/mol. The Morgan fingerprint density at radius 2 is 1.76 bits per heavy atom. The summed E-state index contributed by atoms with van der Waals surface area (Å²) in [6.45, 7) is 9.48. The Kier molecular flexibility index (Phi) is 3.82. The molecule has 0 saturated heterocycles. The highest BCUT2D eigenvalue weighted by atomic mass is 19.1. The van der Waals surface area contributed by atoms with Gasteiger partial charge < -0.3 is 9.84 Å². The Labute approximate surface area is 102 Å². The minimum atomic E-state index is -0.968. The van der Waals surface area contributed by atoms with Crippen molar-refractivity contribution in [3.8, 4) is 5.75 Å². The number of ether oxygens (including phenoxy) is 1. The summed E-state index contributed by atoms with van der Waals surface area (Å²) in [5.74, 6) is -0.207. The molecule has 0 spiro atoms. The van der Waals surface area contributed by atoms with Crippen LogP contribution in [0.5, 0.6) is 5.75 Å².